The van der Waals surface area contributed by atoms with Crippen molar-refractivity contribution in [1.29, 1.82) is 0 Å². The molecule has 0 spiro atoms. The van der Waals surface area contributed by atoms with Crippen LogP contribution >= 0.6 is 0 Å². The number of aliphatic hydroxyl groups is 1. The Hall–Kier alpha value is -1.46. The van der Waals surface area contributed by atoms with Gasteiger partial charge in [0.05, 0.1) is 11.2 Å². The monoisotopic (exact) mass is 251 g/mol. The largest absolute Gasteiger partial charge is 0.387 e. The van der Waals surface area contributed by atoms with Crippen LogP contribution in [0.3, 0.4) is 0 Å². The summed E-state index contributed by atoms with van der Waals surface area (Å²) in [5.74, 6) is -0.221. The molecule has 0 saturated heterocycles. The number of carbonyl (C=O) groups excluding carboxylic acids is 1. The summed E-state index contributed by atoms with van der Waals surface area (Å²) >= 11 is 0. The highest BCUT2D eigenvalue weighted by atomic mass is 16.3. The summed E-state index contributed by atoms with van der Waals surface area (Å²) in [4.78, 5) is 17.7. The van der Waals surface area contributed by atoms with Gasteiger partial charge in [-0.2, -0.15) is 0 Å². The van der Waals surface area contributed by atoms with Crippen molar-refractivity contribution in [3.05, 3.63) is 29.6 Å². The van der Waals surface area contributed by atoms with E-state index < -0.39 is 5.60 Å². The fourth-order valence-electron chi connectivity index (χ4n) is 1.71. The summed E-state index contributed by atoms with van der Waals surface area (Å²) in [5, 5.41) is 12.8. The van der Waals surface area contributed by atoms with Gasteiger partial charge in [-0.3, -0.25) is 9.78 Å². The number of aryl methyl sites for hydroxylation is 1. The fourth-order valence-corrected chi connectivity index (χ4v) is 1.71. The van der Waals surface area contributed by atoms with Gasteiger partial charge in [-0.15, -0.1) is 0 Å². The Morgan fingerprint density at radius 2 is 2.17 bits per heavy atom. The van der Waals surface area contributed by atoms with E-state index in [1.54, 1.807) is 19.1 Å². The van der Waals surface area contributed by atoms with Crippen molar-refractivity contribution < 1.29 is 9.90 Å². The first-order valence-electron chi connectivity index (χ1n) is 5.88. The van der Waals surface area contributed by atoms with Crippen molar-refractivity contribution in [1.82, 2.24) is 15.2 Å². The zero-order valence-electron chi connectivity index (χ0n) is 11.4. The number of nitrogens with one attached hydrogen (secondary N) is 1. The Labute approximate surface area is 108 Å². The third kappa shape index (κ3) is 4.81. The number of rotatable bonds is 5. The first kappa shape index (κ1) is 14.6. The van der Waals surface area contributed by atoms with Crippen molar-refractivity contribution in [3.63, 3.8) is 0 Å². The van der Waals surface area contributed by atoms with Crippen molar-refractivity contribution in [2.45, 2.75) is 19.4 Å². The van der Waals surface area contributed by atoms with Gasteiger partial charge in [0.1, 0.15) is 0 Å². The zero-order valence-corrected chi connectivity index (χ0v) is 11.4. The number of carbonyl (C=O) groups is 1. The molecule has 18 heavy (non-hydrogen) atoms. The van der Waals surface area contributed by atoms with Crippen LogP contribution in [0.5, 0.6) is 0 Å². The lowest BCUT2D eigenvalue weighted by Gasteiger charge is -2.27. The predicted octanol–water partition coefficient (Wildman–Crippen LogP) is 0.432. The van der Waals surface area contributed by atoms with Crippen LogP contribution in [0.4, 0.5) is 0 Å². The van der Waals surface area contributed by atoms with Crippen molar-refractivity contribution in [2.75, 3.05) is 27.2 Å². The number of pyridine rings is 1. The number of hydrogen-bond donors (Lipinski definition) is 2. The van der Waals surface area contributed by atoms with E-state index in [9.17, 15) is 9.90 Å². The molecule has 1 rings (SSSR count). The third-order valence-corrected chi connectivity index (χ3v) is 2.46. The molecule has 1 unspecified atom stereocenters. The van der Waals surface area contributed by atoms with Crippen molar-refractivity contribution in [3.8, 4) is 0 Å². The van der Waals surface area contributed by atoms with Crippen LogP contribution in [0, 0.1) is 6.92 Å². The molecule has 0 saturated carbocycles. The molecule has 0 aliphatic carbocycles. The van der Waals surface area contributed by atoms with Crippen LogP contribution < -0.4 is 5.32 Å². The lowest BCUT2D eigenvalue weighted by Crippen LogP contribution is -2.47. The van der Waals surface area contributed by atoms with Gasteiger partial charge < -0.3 is 15.3 Å². The van der Waals surface area contributed by atoms with Crippen LogP contribution in [0.25, 0.3) is 0 Å². The molecule has 1 atom stereocenters. The van der Waals surface area contributed by atoms with E-state index in [4.69, 9.17) is 0 Å². The highest BCUT2D eigenvalue weighted by Crippen LogP contribution is 2.04. The molecule has 1 amide bonds. The molecule has 1 aromatic heterocycles. The Morgan fingerprint density at radius 1 is 1.50 bits per heavy atom. The predicted molar refractivity (Wildman–Crippen MR) is 70.5 cm³/mol. The Kier molecular flexibility index (Phi) is 4.81. The number of aromatic nitrogens is 1. The lowest BCUT2D eigenvalue weighted by molar-refractivity contribution is 0.0326. The van der Waals surface area contributed by atoms with E-state index in [1.165, 1.54) is 6.20 Å². The summed E-state index contributed by atoms with van der Waals surface area (Å²) in [6.45, 7) is 4.25. The van der Waals surface area contributed by atoms with Crippen molar-refractivity contribution >= 4 is 5.91 Å². The second-order valence-electron chi connectivity index (χ2n) is 5.11. The highest BCUT2D eigenvalue weighted by molar-refractivity contribution is 5.93. The second-order valence-corrected chi connectivity index (χ2v) is 5.11. The minimum atomic E-state index is -0.947. The first-order chi connectivity index (χ1) is 8.30. The van der Waals surface area contributed by atoms with Gasteiger partial charge in [-0.25, -0.2) is 0 Å². The summed E-state index contributed by atoms with van der Waals surface area (Å²) < 4.78 is 0. The topological polar surface area (TPSA) is 65.5 Å². The molecule has 0 radical (unpaired) electrons. The summed E-state index contributed by atoms with van der Waals surface area (Å²) in [5.41, 5.74) is 0.421. The third-order valence-electron chi connectivity index (χ3n) is 2.46. The molecule has 0 aliphatic heterocycles. The number of likely N-dealkylation sites (N-methyl/N-ethyl adjacent to an activating group) is 1. The molecule has 0 fully saturated rings. The molecular weight excluding hydrogens is 230 g/mol. The van der Waals surface area contributed by atoms with Gasteiger partial charge in [0.15, 0.2) is 0 Å². The van der Waals surface area contributed by atoms with Crippen LogP contribution in [0.1, 0.15) is 23.0 Å². The van der Waals surface area contributed by atoms with Gasteiger partial charge in [-0.1, -0.05) is 0 Å². The Bertz CT molecular complexity index is 399. The minimum absolute atomic E-state index is 0.206. The quantitative estimate of drug-likeness (QED) is 0.796. The van der Waals surface area contributed by atoms with E-state index in [-0.39, 0.29) is 12.5 Å². The molecule has 0 bridgehead atoms. The normalized spacial score (nSPS) is 14.3. The van der Waals surface area contributed by atoms with E-state index >= 15 is 0 Å². The van der Waals surface area contributed by atoms with Gasteiger partial charge in [-0.05, 0) is 40.1 Å². The van der Waals surface area contributed by atoms with Crippen molar-refractivity contribution in [2.24, 2.45) is 0 Å². The summed E-state index contributed by atoms with van der Waals surface area (Å²) in [7, 11) is 3.75. The van der Waals surface area contributed by atoms with E-state index in [0.29, 0.717) is 12.1 Å². The molecule has 0 aliphatic rings. The SMILES string of the molecule is Cc1ccc(C(=O)NCC(C)(O)CN(C)C)cn1. The minimum Gasteiger partial charge on any atom is -0.387 e. The van der Waals surface area contributed by atoms with E-state index in [1.807, 2.05) is 25.9 Å². The maximum absolute atomic E-state index is 11.8. The van der Waals surface area contributed by atoms with Gasteiger partial charge >= 0.3 is 0 Å². The number of hydrogen-bond acceptors (Lipinski definition) is 4. The fraction of sp³-hybridized carbons (Fsp3) is 0.538. The average molecular weight is 251 g/mol. The average Bonchev–Trinajstić information content (AvgIpc) is 2.25. The maximum Gasteiger partial charge on any atom is 0.252 e. The molecule has 5 nitrogen and oxygen atoms in total. The van der Waals surface area contributed by atoms with Crippen LogP contribution in [0.2, 0.25) is 0 Å². The van der Waals surface area contributed by atoms with Crippen LogP contribution in [0.15, 0.2) is 18.3 Å². The van der Waals surface area contributed by atoms with E-state index in [2.05, 4.69) is 10.3 Å². The maximum atomic E-state index is 11.8. The van der Waals surface area contributed by atoms with Gasteiger partial charge in [0.2, 0.25) is 0 Å². The van der Waals surface area contributed by atoms with Gasteiger partial charge in [0, 0.05) is 25.0 Å². The summed E-state index contributed by atoms with van der Waals surface area (Å²) in [6, 6.07) is 3.51. The molecule has 2 N–H and O–H groups in total. The summed E-state index contributed by atoms with van der Waals surface area (Å²) in [6.07, 6.45) is 1.53. The second kappa shape index (κ2) is 5.93. The van der Waals surface area contributed by atoms with Crippen LogP contribution in [-0.4, -0.2) is 53.7 Å². The smallest absolute Gasteiger partial charge is 0.252 e. The molecule has 5 heteroatoms. The Morgan fingerprint density at radius 3 is 2.67 bits per heavy atom. The Balaban J connectivity index is 2.53. The molecule has 1 heterocycles. The standard InChI is InChI=1S/C13H21N3O2/c1-10-5-6-11(7-14-10)12(17)15-8-13(2,18)9-16(3)4/h5-7,18H,8-9H2,1-4H3,(H,15,17). The molecule has 100 valence electrons. The van der Waals surface area contributed by atoms with E-state index in [0.717, 1.165) is 5.69 Å². The molecule has 0 aromatic carbocycles. The number of nitrogens with zero attached hydrogens (tertiary/aromatic N) is 2. The molecular formula is C13H21N3O2. The molecule has 1 aromatic rings. The van der Waals surface area contributed by atoms with Crippen LogP contribution in [-0.2, 0) is 0 Å². The first-order valence-corrected chi connectivity index (χ1v) is 5.88. The lowest BCUT2D eigenvalue weighted by atomic mass is 10.1. The number of amides is 1. The highest BCUT2D eigenvalue weighted by Gasteiger charge is 2.22. The van der Waals surface area contributed by atoms with Gasteiger partial charge in [0.25, 0.3) is 5.91 Å². The zero-order chi connectivity index (χ0) is 13.8.